The summed E-state index contributed by atoms with van der Waals surface area (Å²) in [5.74, 6) is 0.808. The van der Waals surface area contributed by atoms with Crippen LogP contribution in [0.2, 0.25) is 0 Å². The van der Waals surface area contributed by atoms with Gasteiger partial charge >= 0.3 is 0 Å². The van der Waals surface area contributed by atoms with Crippen LogP contribution in [-0.4, -0.2) is 14.3 Å². The minimum atomic E-state index is 0.701. The van der Waals surface area contributed by atoms with Crippen molar-refractivity contribution in [3.05, 3.63) is 34.6 Å². The highest BCUT2D eigenvalue weighted by molar-refractivity contribution is 7.18. The molecule has 0 fully saturated rings. The number of thiazole rings is 1. The highest BCUT2D eigenvalue weighted by atomic mass is 32.1. The maximum atomic E-state index is 4.61. The molecule has 1 aromatic carbocycles. The Bertz CT molecular complexity index is 686. The Hall–Kier alpha value is -1.53. The first kappa shape index (κ1) is 11.6. The van der Waals surface area contributed by atoms with Crippen molar-refractivity contribution in [1.82, 2.24) is 14.3 Å². The summed E-state index contributed by atoms with van der Waals surface area (Å²) in [6, 6.07) is 6.36. The molecule has 0 aliphatic rings. The maximum Gasteiger partial charge on any atom is 0.202 e. The summed E-state index contributed by atoms with van der Waals surface area (Å²) >= 11 is 3.10. The fourth-order valence-electron chi connectivity index (χ4n) is 1.68. The van der Waals surface area contributed by atoms with E-state index in [4.69, 9.17) is 0 Å². The van der Waals surface area contributed by atoms with E-state index in [1.165, 1.54) is 21.8 Å². The Kier molecular flexibility index (Phi) is 2.97. The van der Waals surface area contributed by atoms with Gasteiger partial charge in [-0.1, -0.05) is 6.07 Å². The predicted molar refractivity (Wildman–Crippen MR) is 76.3 cm³/mol. The highest BCUT2D eigenvalue weighted by Crippen LogP contribution is 2.23. The third kappa shape index (κ3) is 2.34. The van der Waals surface area contributed by atoms with Gasteiger partial charge < -0.3 is 5.32 Å². The van der Waals surface area contributed by atoms with Crippen molar-refractivity contribution in [2.24, 2.45) is 0 Å². The number of nitrogens with one attached hydrogen (secondary N) is 1. The lowest BCUT2D eigenvalue weighted by Crippen LogP contribution is -1.97. The Morgan fingerprint density at radius 1 is 1.22 bits per heavy atom. The van der Waals surface area contributed by atoms with Crippen LogP contribution >= 0.6 is 22.9 Å². The summed E-state index contributed by atoms with van der Waals surface area (Å²) in [5.41, 5.74) is 2.32. The summed E-state index contributed by atoms with van der Waals surface area (Å²) in [5, 5.41) is 5.17. The van der Waals surface area contributed by atoms with Gasteiger partial charge in [0.15, 0.2) is 0 Å². The summed E-state index contributed by atoms with van der Waals surface area (Å²) in [6.07, 6.45) is 0. The summed E-state index contributed by atoms with van der Waals surface area (Å²) in [6.45, 7) is 4.68. The molecule has 0 amide bonds. The number of fused-ring (bicyclic) bond motifs is 1. The molecule has 0 atom stereocenters. The Labute approximate surface area is 113 Å². The number of rotatable bonds is 3. The first-order valence-electron chi connectivity index (χ1n) is 5.61. The predicted octanol–water partition coefficient (Wildman–Crippen LogP) is 3.38. The van der Waals surface area contributed by atoms with Gasteiger partial charge in [-0.2, -0.15) is 4.37 Å². The average Bonchev–Trinajstić information content (AvgIpc) is 2.92. The van der Waals surface area contributed by atoms with Gasteiger partial charge in [0.05, 0.1) is 16.8 Å². The van der Waals surface area contributed by atoms with Crippen LogP contribution < -0.4 is 5.32 Å². The quantitative estimate of drug-likeness (QED) is 0.796. The van der Waals surface area contributed by atoms with E-state index >= 15 is 0 Å². The lowest BCUT2D eigenvalue weighted by molar-refractivity contribution is 1.09. The molecule has 0 radical (unpaired) electrons. The summed E-state index contributed by atoms with van der Waals surface area (Å²) in [7, 11) is 0. The molecular formula is C12H12N4S2. The van der Waals surface area contributed by atoms with Gasteiger partial charge in [-0.25, -0.2) is 9.97 Å². The molecule has 0 aliphatic heterocycles. The number of aryl methyl sites for hydroxylation is 2. The van der Waals surface area contributed by atoms with Crippen molar-refractivity contribution in [3.8, 4) is 0 Å². The lowest BCUT2D eigenvalue weighted by atomic mass is 10.2. The van der Waals surface area contributed by atoms with Crippen molar-refractivity contribution in [1.29, 1.82) is 0 Å². The first-order chi connectivity index (χ1) is 8.70. The first-order valence-corrected chi connectivity index (χ1v) is 7.20. The molecule has 3 rings (SSSR count). The topological polar surface area (TPSA) is 50.7 Å². The monoisotopic (exact) mass is 276 g/mol. The number of nitrogens with zero attached hydrogens (tertiary/aromatic N) is 3. The van der Waals surface area contributed by atoms with Crippen LogP contribution in [0.15, 0.2) is 18.2 Å². The molecular weight excluding hydrogens is 264 g/mol. The second-order valence-electron chi connectivity index (χ2n) is 4.08. The smallest absolute Gasteiger partial charge is 0.202 e. The van der Waals surface area contributed by atoms with Crippen molar-refractivity contribution >= 4 is 38.2 Å². The van der Waals surface area contributed by atoms with Crippen LogP contribution in [0.5, 0.6) is 0 Å². The molecule has 92 valence electrons. The van der Waals surface area contributed by atoms with Crippen LogP contribution in [0.3, 0.4) is 0 Å². The molecule has 0 aliphatic carbocycles. The third-order valence-corrected chi connectivity index (χ3v) is 4.31. The lowest BCUT2D eigenvalue weighted by Gasteiger charge is -1.96. The van der Waals surface area contributed by atoms with Crippen LogP contribution in [0.1, 0.15) is 16.4 Å². The second kappa shape index (κ2) is 4.62. The van der Waals surface area contributed by atoms with E-state index < -0.39 is 0 Å². The number of hydrogen-bond acceptors (Lipinski definition) is 6. The number of anilines is 1. The summed E-state index contributed by atoms with van der Waals surface area (Å²) < 4.78 is 5.36. The normalized spacial score (nSPS) is 11.0. The molecule has 2 heterocycles. The van der Waals surface area contributed by atoms with Crippen LogP contribution in [-0.2, 0) is 6.54 Å². The van der Waals surface area contributed by atoms with Gasteiger partial charge in [-0.15, -0.1) is 11.3 Å². The minimum Gasteiger partial charge on any atom is -0.354 e. The zero-order chi connectivity index (χ0) is 12.5. The molecule has 0 saturated heterocycles. The zero-order valence-corrected chi connectivity index (χ0v) is 11.7. The molecule has 0 bridgehead atoms. The maximum absolute atomic E-state index is 4.61. The van der Waals surface area contributed by atoms with Gasteiger partial charge in [0.2, 0.25) is 5.13 Å². The molecule has 4 nitrogen and oxygen atoms in total. The fraction of sp³-hybridized carbons (Fsp3) is 0.250. The highest BCUT2D eigenvalue weighted by Gasteiger charge is 2.05. The van der Waals surface area contributed by atoms with E-state index in [1.807, 2.05) is 6.92 Å². The molecule has 0 unspecified atom stereocenters. The van der Waals surface area contributed by atoms with Gasteiger partial charge in [-0.05, 0) is 31.5 Å². The Morgan fingerprint density at radius 2 is 2.11 bits per heavy atom. The second-order valence-corrected chi connectivity index (χ2v) is 5.95. The molecule has 6 heteroatoms. The van der Waals surface area contributed by atoms with E-state index in [-0.39, 0.29) is 0 Å². The molecule has 3 aromatic rings. The Morgan fingerprint density at radius 3 is 2.89 bits per heavy atom. The third-order valence-electron chi connectivity index (χ3n) is 2.51. The van der Waals surface area contributed by atoms with Gasteiger partial charge in [-0.3, -0.25) is 0 Å². The molecule has 0 spiro atoms. The minimum absolute atomic E-state index is 0.701. The molecule has 1 N–H and O–H groups in total. The number of benzene rings is 1. The van der Waals surface area contributed by atoms with Crippen molar-refractivity contribution < 1.29 is 0 Å². The fourth-order valence-corrected chi connectivity index (χ4v) is 3.14. The molecule has 0 saturated carbocycles. The van der Waals surface area contributed by atoms with Crippen LogP contribution in [0.25, 0.3) is 10.2 Å². The molecule has 2 aromatic heterocycles. The van der Waals surface area contributed by atoms with Crippen molar-refractivity contribution in [3.63, 3.8) is 0 Å². The summed E-state index contributed by atoms with van der Waals surface area (Å²) in [4.78, 5) is 8.87. The van der Waals surface area contributed by atoms with Gasteiger partial charge in [0.25, 0.3) is 0 Å². The zero-order valence-electron chi connectivity index (χ0n) is 10.1. The van der Waals surface area contributed by atoms with Crippen LogP contribution in [0.4, 0.5) is 5.13 Å². The van der Waals surface area contributed by atoms with E-state index in [1.54, 1.807) is 11.3 Å². The largest absolute Gasteiger partial charge is 0.354 e. The van der Waals surface area contributed by atoms with Crippen molar-refractivity contribution in [2.45, 2.75) is 20.4 Å². The number of aromatic nitrogens is 3. The molecule has 18 heavy (non-hydrogen) atoms. The van der Waals surface area contributed by atoms with E-state index in [0.29, 0.717) is 6.54 Å². The van der Waals surface area contributed by atoms with Gasteiger partial charge in [0, 0.05) is 11.5 Å². The number of hydrogen-bond donors (Lipinski definition) is 1. The van der Waals surface area contributed by atoms with Crippen molar-refractivity contribution in [2.75, 3.05) is 5.32 Å². The standard InChI is InChI=1S/C12H12N4S2/c1-7-3-4-10-9(5-7)15-11(17-10)6-13-12-14-8(2)16-18-12/h3-5H,6H2,1-2H3,(H,13,14,16). The van der Waals surface area contributed by atoms with E-state index in [2.05, 4.69) is 44.8 Å². The van der Waals surface area contributed by atoms with E-state index in [0.717, 1.165) is 21.5 Å². The average molecular weight is 276 g/mol. The SMILES string of the molecule is Cc1ccc2sc(CNc3nc(C)ns3)nc2c1. The Balaban J connectivity index is 1.78. The van der Waals surface area contributed by atoms with Crippen LogP contribution in [0, 0.1) is 13.8 Å². The van der Waals surface area contributed by atoms with E-state index in [9.17, 15) is 0 Å². The van der Waals surface area contributed by atoms with Gasteiger partial charge in [0.1, 0.15) is 10.8 Å².